The van der Waals surface area contributed by atoms with Crippen LogP contribution in [0, 0.1) is 0 Å². The fourth-order valence-electron chi connectivity index (χ4n) is 4.57. The number of aromatic nitrogens is 1. The third-order valence-corrected chi connectivity index (χ3v) is 6.99. The molecule has 174 valence electrons. The van der Waals surface area contributed by atoms with Crippen LogP contribution in [0.4, 0.5) is 9.93 Å². The number of carboxylic acids is 1. The van der Waals surface area contributed by atoms with Crippen molar-refractivity contribution in [3.05, 3.63) is 70.7 Å². The van der Waals surface area contributed by atoms with Crippen LogP contribution < -0.4 is 5.32 Å². The van der Waals surface area contributed by atoms with Gasteiger partial charge in [0.2, 0.25) is 0 Å². The molecule has 0 unspecified atom stereocenters. The summed E-state index contributed by atoms with van der Waals surface area (Å²) in [6, 6.07) is 14.9. The molecule has 2 aromatic carbocycles. The number of thiazole rings is 1. The maximum absolute atomic E-state index is 12.7. The average molecular weight is 480 g/mol. The molecular weight excluding hydrogens is 458 g/mol. The Morgan fingerprint density at radius 2 is 1.74 bits per heavy atom. The molecule has 2 heterocycles. The van der Waals surface area contributed by atoms with E-state index in [-0.39, 0.29) is 35.5 Å². The number of aliphatic hydroxyl groups excluding tert-OH is 1. The number of ether oxygens (including phenoxy) is 1. The zero-order chi connectivity index (χ0) is 23.8. The van der Waals surface area contributed by atoms with Crippen molar-refractivity contribution < 1.29 is 29.3 Å². The molecule has 3 N–H and O–H groups in total. The Balaban J connectivity index is 1.23. The van der Waals surface area contributed by atoms with E-state index in [1.807, 2.05) is 36.4 Å². The van der Waals surface area contributed by atoms with E-state index >= 15 is 0 Å². The van der Waals surface area contributed by atoms with Crippen LogP contribution in [-0.4, -0.2) is 63.4 Å². The summed E-state index contributed by atoms with van der Waals surface area (Å²) in [5.41, 5.74) is 4.45. The van der Waals surface area contributed by atoms with Gasteiger partial charge in [-0.25, -0.2) is 14.6 Å². The molecule has 1 aliphatic heterocycles. The normalized spacial score (nSPS) is 18.9. The Bertz CT molecular complexity index is 1230. The lowest BCUT2D eigenvalue weighted by Crippen LogP contribution is -2.40. The number of benzene rings is 2. The number of likely N-dealkylation sites (tertiary alicyclic amines) is 1. The number of hydrogen-bond acceptors (Lipinski definition) is 7. The van der Waals surface area contributed by atoms with Crippen LogP contribution in [-0.2, 0) is 9.53 Å². The quantitative estimate of drug-likeness (QED) is 0.513. The molecule has 1 aromatic heterocycles. The number of nitrogens with one attached hydrogen (secondary N) is 1. The van der Waals surface area contributed by atoms with Gasteiger partial charge in [-0.05, 0) is 22.3 Å². The molecule has 5 rings (SSSR count). The van der Waals surface area contributed by atoms with Crippen LogP contribution in [0.2, 0.25) is 0 Å². The molecule has 9 nitrogen and oxygen atoms in total. The van der Waals surface area contributed by atoms with E-state index in [0.29, 0.717) is 0 Å². The van der Waals surface area contributed by atoms with Crippen LogP contribution in [0.3, 0.4) is 0 Å². The number of anilines is 1. The van der Waals surface area contributed by atoms with E-state index in [1.165, 1.54) is 6.20 Å². The first kappa shape index (κ1) is 22.1. The summed E-state index contributed by atoms with van der Waals surface area (Å²) < 4.78 is 5.49. The van der Waals surface area contributed by atoms with Gasteiger partial charge in [-0.3, -0.25) is 10.1 Å². The van der Waals surface area contributed by atoms with Crippen LogP contribution >= 0.6 is 11.3 Å². The van der Waals surface area contributed by atoms with Gasteiger partial charge in [0.1, 0.15) is 17.5 Å². The number of nitrogens with zero attached hydrogens (tertiary/aromatic N) is 2. The SMILES string of the molecule is O=C(Nc1ncc(C(=O)N2C[C@@H](O)C[C@H]2C(=O)O)s1)OCC1c2ccccc2-c2ccccc21. The summed E-state index contributed by atoms with van der Waals surface area (Å²) in [6.45, 7) is 0.0752. The second kappa shape index (κ2) is 8.88. The molecule has 0 saturated carbocycles. The average Bonchev–Trinajstić information content (AvgIpc) is 3.53. The zero-order valence-electron chi connectivity index (χ0n) is 17.9. The lowest BCUT2D eigenvalue weighted by molar-refractivity contribution is -0.141. The highest BCUT2D eigenvalue weighted by atomic mass is 32.1. The first-order chi connectivity index (χ1) is 16.4. The number of amides is 2. The highest BCUT2D eigenvalue weighted by molar-refractivity contribution is 7.17. The van der Waals surface area contributed by atoms with E-state index in [4.69, 9.17) is 4.74 Å². The highest BCUT2D eigenvalue weighted by Gasteiger charge is 2.40. The fraction of sp³-hybridized carbons (Fsp3) is 0.250. The lowest BCUT2D eigenvalue weighted by atomic mass is 9.98. The first-order valence-corrected chi connectivity index (χ1v) is 11.5. The number of fused-ring (bicyclic) bond motifs is 3. The van der Waals surface area contributed by atoms with Crippen LogP contribution in [0.25, 0.3) is 11.1 Å². The number of β-amino-alcohol motifs (C(OH)–C–C–N with tert-alkyl or cyclic N) is 1. The van der Waals surface area contributed by atoms with E-state index in [2.05, 4.69) is 22.4 Å². The monoisotopic (exact) mass is 479 g/mol. The van der Waals surface area contributed by atoms with E-state index in [0.717, 1.165) is 38.5 Å². The molecule has 1 fully saturated rings. The van der Waals surface area contributed by atoms with Gasteiger partial charge >= 0.3 is 12.1 Å². The molecule has 2 amide bonds. The molecule has 3 aromatic rings. The lowest BCUT2D eigenvalue weighted by Gasteiger charge is -2.19. The minimum atomic E-state index is -1.17. The van der Waals surface area contributed by atoms with Crippen LogP contribution in [0.1, 0.15) is 33.1 Å². The van der Waals surface area contributed by atoms with Gasteiger partial charge in [-0.1, -0.05) is 59.9 Å². The number of carbonyl (C=O) groups is 3. The van der Waals surface area contributed by atoms with Crippen molar-refractivity contribution in [1.82, 2.24) is 9.88 Å². The topological polar surface area (TPSA) is 129 Å². The van der Waals surface area contributed by atoms with Gasteiger partial charge in [0.25, 0.3) is 5.91 Å². The number of aliphatic hydroxyl groups is 1. The molecule has 10 heteroatoms. The van der Waals surface area contributed by atoms with E-state index in [1.54, 1.807) is 0 Å². The summed E-state index contributed by atoms with van der Waals surface area (Å²) in [6.07, 6.45) is -0.341. The molecule has 1 saturated heterocycles. The van der Waals surface area contributed by atoms with E-state index in [9.17, 15) is 24.6 Å². The van der Waals surface area contributed by atoms with Gasteiger partial charge in [0.05, 0.1) is 12.3 Å². The Labute approximate surface area is 198 Å². The second-order valence-corrected chi connectivity index (χ2v) is 9.21. The van der Waals surface area contributed by atoms with Gasteiger partial charge in [0, 0.05) is 18.9 Å². The van der Waals surface area contributed by atoms with Crippen LogP contribution in [0.15, 0.2) is 54.7 Å². The van der Waals surface area contributed by atoms with Crippen molar-refractivity contribution in [3.8, 4) is 11.1 Å². The van der Waals surface area contributed by atoms with Gasteiger partial charge < -0.3 is 19.8 Å². The van der Waals surface area contributed by atoms with E-state index < -0.39 is 30.1 Å². The predicted molar refractivity (Wildman–Crippen MR) is 124 cm³/mol. The smallest absolute Gasteiger partial charge is 0.413 e. The molecular formula is C24H21N3O6S. The van der Waals surface area contributed by atoms with Crippen molar-refractivity contribution in [1.29, 1.82) is 0 Å². The fourth-order valence-corrected chi connectivity index (χ4v) is 5.32. The Kier molecular flexibility index (Phi) is 5.76. The molecule has 0 spiro atoms. The Morgan fingerprint density at radius 3 is 2.38 bits per heavy atom. The summed E-state index contributed by atoms with van der Waals surface area (Å²) in [5, 5.41) is 21.8. The zero-order valence-corrected chi connectivity index (χ0v) is 18.7. The van der Waals surface area contributed by atoms with Gasteiger partial charge in [0.15, 0.2) is 5.13 Å². The third-order valence-electron chi connectivity index (χ3n) is 6.09. The van der Waals surface area contributed by atoms with Gasteiger partial charge in [-0.15, -0.1) is 0 Å². The minimum absolute atomic E-state index is 0.0231. The summed E-state index contributed by atoms with van der Waals surface area (Å²) in [4.78, 5) is 41.9. The summed E-state index contributed by atoms with van der Waals surface area (Å²) in [5.74, 6) is -1.81. The highest BCUT2D eigenvalue weighted by Crippen LogP contribution is 2.44. The number of aliphatic carboxylic acids is 1. The first-order valence-electron chi connectivity index (χ1n) is 10.7. The number of carboxylic acid groups (broad SMARTS) is 1. The number of rotatable bonds is 5. The molecule has 0 radical (unpaired) electrons. The molecule has 2 atom stereocenters. The van der Waals surface area contributed by atoms with Crippen molar-refractivity contribution in [2.75, 3.05) is 18.5 Å². The van der Waals surface area contributed by atoms with Crippen LogP contribution in [0.5, 0.6) is 0 Å². The van der Waals surface area contributed by atoms with Gasteiger partial charge in [-0.2, -0.15) is 0 Å². The Morgan fingerprint density at radius 1 is 1.09 bits per heavy atom. The van der Waals surface area contributed by atoms with Crippen molar-refractivity contribution in [3.63, 3.8) is 0 Å². The Hall–Kier alpha value is -3.76. The maximum Gasteiger partial charge on any atom is 0.413 e. The largest absolute Gasteiger partial charge is 0.480 e. The third kappa shape index (κ3) is 4.02. The molecule has 0 bridgehead atoms. The number of hydrogen-bond donors (Lipinski definition) is 3. The standard InChI is InChI=1S/C24H21N3O6S/c28-13-9-19(22(30)31)27(11-13)21(29)20-10-25-23(34-20)26-24(32)33-12-18-16-7-3-1-5-14(16)15-6-2-4-8-17(15)18/h1-8,10,13,18-19,28H,9,11-12H2,(H,30,31)(H,25,26,32)/t13-,19-/m0/s1. The van der Waals surface area contributed by atoms with Crippen molar-refractivity contribution >= 4 is 34.4 Å². The minimum Gasteiger partial charge on any atom is -0.480 e. The molecule has 34 heavy (non-hydrogen) atoms. The molecule has 2 aliphatic rings. The number of carbonyl (C=O) groups excluding carboxylic acids is 2. The van der Waals surface area contributed by atoms with Crippen molar-refractivity contribution in [2.45, 2.75) is 24.5 Å². The van der Waals surface area contributed by atoms with Crippen molar-refractivity contribution in [2.24, 2.45) is 0 Å². The predicted octanol–water partition coefficient (Wildman–Crippen LogP) is 3.16. The second-order valence-electron chi connectivity index (χ2n) is 8.18. The maximum atomic E-state index is 12.7. The molecule has 1 aliphatic carbocycles. The summed E-state index contributed by atoms with van der Waals surface area (Å²) >= 11 is 0.918. The summed E-state index contributed by atoms with van der Waals surface area (Å²) in [7, 11) is 0.